The average Bonchev–Trinajstić information content (AvgIpc) is 3.34. The second-order valence-corrected chi connectivity index (χ2v) is 23.0. The molecule has 4 aliphatic carbocycles. The van der Waals surface area contributed by atoms with Crippen LogP contribution >= 0.6 is 0 Å². The van der Waals surface area contributed by atoms with Crippen molar-refractivity contribution in [1.29, 1.82) is 0 Å². The highest BCUT2D eigenvalue weighted by Crippen LogP contribution is 2.70. The van der Waals surface area contributed by atoms with Crippen molar-refractivity contribution in [2.75, 3.05) is 0 Å². The first-order valence-corrected chi connectivity index (χ1v) is 20.3. The molecule has 40 heavy (non-hydrogen) atoms. The summed E-state index contributed by atoms with van der Waals surface area (Å²) in [7, 11) is -1.80. The van der Waals surface area contributed by atoms with Crippen LogP contribution in [0.5, 0.6) is 0 Å². The zero-order valence-electron chi connectivity index (χ0n) is 28.6. The van der Waals surface area contributed by atoms with Crippen molar-refractivity contribution < 1.29 is 13.9 Å². The summed E-state index contributed by atoms with van der Waals surface area (Å²) in [6.07, 6.45) is 14.4. The van der Waals surface area contributed by atoms with Crippen LogP contribution in [0.4, 0.5) is 0 Å². The Balaban J connectivity index is 1.40. The molecular formula is C36H66O3Si. The molecule has 0 aromatic heterocycles. The van der Waals surface area contributed by atoms with E-state index in [4.69, 9.17) is 13.9 Å². The fraction of sp³-hybridized carbons (Fsp3) is 1.00. The van der Waals surface area contributed by atoms with Crippen molar-refractivity contribution in [2.45, 2.75) is 176 Å². The number of hydrogen-bond donors (Lipinski definition) is 0. The maximum absolute atomic E-state index is 7.09. The lowest BCUT2D eigenvalue weighted by molar-refractivity contribution is -0.189. The highest BCUT2D eigenvalue weighted by atomic mass is 28.4. The zero-order chi connectivity index (χ0) is 29.5. The van der Waals surface area contributed by atoms with Gasteiger partial charge in [0.25, 0.3) is 0 Å². The molecule has 0 radical (unpaired) electrons. The Labute approximate surface area is 249 Å². The van der Waals surface area contributed by atoms with E-state index in [-0.39, 0.29) is 17.2 Å². The van der Waals surface area contributed by atoms with Gasteiger partial charge in [-0.2, -0.15) is 0 Å². The molecule has 4 heteroatoms. The topological polar surface area (TPSA) is 27.7 Å². The summed E-state index contributed by atoms with van der Waals surface area (Å²) in [6.45, 7) is 29.1. The van der Waals surface area contributed by atoms with Gasteiger partial charge in [0.2, 0.25) is 0 Å². The van der Waals surface area contributed by atoms with Crippen LogP contribution in [0.3, 0.4) is 0 Å². The Hall–Kier alpha value is 0.0969. The van der Waals surface area contributed by atoms with E-state index in [1.54, 1.807) is 0 Å². The standard InChI is InChI=1S/C36H66O3Si/c1-23(2)14-13-15-24(3)26-16-17-27-30-28(19-21-35(26,27)9)36(10)20-18-25(39-40(11,12)33(4,5)6)22-29(36)31-32(30)38-34(7,8)37-31/h23-32H,13-22H2,1-12H3/t24-,25?,26-,27+,28+,29-,30+,31-,32?,35-,36-/m1/s1. The van der Waals surface area contributed by atoms with E-state index in [0.29, 0.717) is 28.8 Å². The largest absolute Gasteiger partial charge is 0.414 e. The lowest BCUT2D eigenvalue weighted by atomic mass is 9.43. The van der Waals surface area contributed by atoms with Crippen molar-refractivity contribution in [2.24, 2.45) is 52.3 Å². The average molecular weight is 575 g/mol. The molecule has 1 heterocycles. The van der Waals surface area contributed by atoms with Crippen LogP contribution < -0.4 is 0 Å². The molecule has 2 unspecified atom stereocenters. The van der Waals surface area contributed by atoms with E-state index in [9.17, 15) is 0 Å². The number of rotatable bonds is 7. The van der Waals surface area contributed by atoms with Crippen molar-refractivity contribution in [3.05, 3.63) is 0 Å². The van der Waals surface area contributed by atoms with Gasteiger partial charge in [-0.25, -0.2) is 0 Å². The molecule has 232 valence electrons. The fourth-order valence-electron chi connectivity index (χ4n) is 10.9. The molecule has 0 amide bonds. The molecule has 4 saturated carbocycles. The summed E-state index contributed by atoms with van der Waals surface area (Å²) >= 11 is 0. The summed E-state index contributed by atoms with van der Waals surface area (Å²) in [5, 5.41) is 0.252. The van der Waals surface area contributed by atoms with E-state index in [0.717, 1.165) is 36.0 Å². The zero-order valence-corrected chi connectivity index (χ0v) is 29.6. The Kier molecular flexibility index (Phi) is 8.37. The number of ether oxygens (including phenoxy) is 2. The van der Waals surface area contributed by atoms with Crippen molar-refractivity contribution in [3.8, 4) is 0 Å². The van der Waals surface area contributed by atoms with E-state index < -0.39 is 14.1 Å². The van der Waals surface area contributed by atoms with Crippen LogP contribution in [0.15, 0.2) is 0 Å². The molecule has 0 bridgehead atoms. The van der Waals surface area contributed by atoms with Gasteiger partial charge in [-0.15, -0.1) is 0 Å². The van der Waals surface area contributed by atoms with Gasteiger partial charge in [0.1, 0.15) is 0 Å². The third-order valence-corrected chi connectivity index (χ3v) is 18.5. The molecule has 11 atom stereocenters. The van der Waals surface area contributed by atoms with Gasteiger partial charge < -0.3 is 13.9 Å². The highest BCUT2D eigenvalue weighted by Gasteiger charge is 2.68. The molecule has 5 aliphatic rings. The summed E-state index contributed by atoms with van der Waals surface area (Å²) in [5.74, 6) is 4.80. The second-order valence-electron chi connectivity index (χ2n) is 18.3. The van der Waals surface area contributed by atoms with E-state index in [1.165, 1.54) is 57.8 Å². The maximum Gasteiger partial charge on any atom is 0.192 e. The molecule has 1 saturated heterocycles. The van der Waals surface area contributed by atoms with Crippen molar-refractivity contribution in [1.82, 2.24) is 0 Å². The molecule has 0 aromatic rings. The van der Waals surface area contributed by atoms with Crippen LogP contribution in [0, 0.1) is 52.3 Å². The Morgan fingerprint density at radius 1 is 0.800 bits per heavy atom. The molecule has 5 rings (SSSR count). The number of hydrogen-bond acceptors (Lipinski definition) is 3. The third-order valence-electron chi connectivity index (χ3n) is 14.0. The molecule has 1 aliphatic heterocycles. The minimum absolute atomic E-state index is 0.219. The molecule has 3 nitrogen and oxygen atoms in total. The van der Waals surface area contributed by atoms with Gasteiger partial charge >= 0.3 is 0 Å². The van der Waals surface area contributed by atoms with Crippen LogP contribution in [0.25, 0.3) is 0 Å². The van der Waals surface area contributed by atoms with Gasteiger partial charge in [0.15, 0.2) is 14.1 Å². The predicted octanol–water partition coefficient (Wildman–Crippen LogP) is 10.2. The van der Waals surface area contributed by atoms with E-state index in [2.05, 4.69) is 82.3 Å². The minimum Gasteiger partial charge on any atom is -0.414 e. The van der Waals surface area contributed by atoms with Gasteiger partial charge in [-0.1, -0.05) is 74.7 Å². The summed E-state index contributed by atoms with van der Waals surface area (Å²) in [5.41, 5.74) is 0.802. The SMILES string of the molecule is CC(C)CCC[C@@H](C)[C@H]1CC[C@H]2[C@@H]3C4OC(C)(C)O[C@@H]4[C@H]4CC(O[Si](C)(C)C(C)(C)C)CC[C@]4(C)[C@H]3CC[C@]12C. The maximum atomic E-state index is 7.09. The van der Waals surface area contributed by atoms with Crippen LogP contribution in [0.1, 0.15) is 133 Å². The van der Waals surface area contributed by atoms with Gasteiger partial charge in [-0.3, -0.25) is 0 Å². The minimum atomic E-state index is -1.80. The van der Waals surface area contributed by atoms with Crippen LogP contribution in [-0.4, -0.2) is 32.4 Å². The smallest absolute Gasteiger partial charge is 0.192 e. The molecule has 5 fully saturated rings. The predicted molar refractivity (Wildman–Crippen MR) is 170 cm³/mol. The van der Waals surface area contributed by atoms with Crippen LogP contribution in [-0.2, 0) is 13.9 Å². The Bertz CT molecular complexity index is 906. The van der Waals surface area contributed by atoms with Crippen LogP contribution in [0.2, 0.25) is 18.1 Å². The monoisotopic (exact) mass is 574 g/mol. The van der Waals surface area contributed by atoms with Crippen molar-refractivity contribution >= 4 is 8.32 Å². The summed E-state index contributed by atoms with van der Waals surface area (Å²) in [6, 6.07) is 0. The van der Waals surface area contributed by atoms with Crippen molar-refractivity contribution in [3.63, 3.8) is 0 Å². The summed E-state index contributed by atoms with van der Waals surface area (Å²) < 4.78 is 21.0. The molecule has 0 N–H and O–H groups in total. The highest BCUT2D eigenvalue weighted by molar-refractivity contribution is 6.74. The second kappa shape index (κ2) is 10.6. The first-order chi connectivity index (χ1) is 18.4. The first kappa shape index (κ1) is 31.5. The molecule has 0 spiro atoms. The number of fused-ring (bicyclic) bond motifs is 8. The Morgan fingerprint density at radius 2 is 1.43 bits per heavy atom. The fourth-order valence-corrected chi connectivity index (χ4v) is 12.3. The lowest BCUT2D eigenvalue weighted by Crippen LogP contribution is -2.64. The molecular weight excluding hydrogens is 508 g/mol. The van der Waals surface area contributed by atoms with Gasteiger partial charge in [0.05, 0.1) is 12.2 Å². The normalized spacial score (nSPS) is 45.5. The lowest BCUT2D eigenvalue weighted by Gasteiger charge is -2.64. The Morgan fingerprint density at radius 3 is 2.08 bits per heavy atom. The molecule has 0 aromatic carbocycles. The summed E-state index contributed by atoms with van der Waals surface area (Å²) in [4.78, 5) is 0. The van der Waals surface area contributed by atoms with E-state index in [1.807, 2.05) is 0 Å². The van der Waals surface area contributed by atoms with E-state index >= 15 is 0 Å². The van der Waals surface area contributed by atoms with Gasteiger partial charge in [-0.05, 0) is 129 Å². The third kappa shape index (κ3) is 5.34. The van der Waals surface area contributed by atoms with Gasteiger partial charge in [0, 0.05) is 6.10 Å². The first-order valence-electron chi connectivity index (χ1n) is 17.4. The quantitative estimate of drug-likeness (QED) is 0.283.